The van der Waals surface area contributed by atoms with Gasteiger partial charge in [-0.3, -0.25) is 9.69 Å². The molecule has 0 saturated carbocycles. The van der Waals surface area contributed by atoms with Crippen LogP contribution in [0.25, 0.3) is 0 Å². The summed E-state index contributed by atoms with van der Waals surface area (Å²) in [6, 6.07) is 0.887. The number of amides is 1. The van der Waals surface area contributed by atoms with Gasteiger partial charge in [0.15, 0.2) is 0 Å². The zero-order valence-corrected chi connectivity index (χ0v) is 12.7. The highest BCUT2D eigenvalue weighted by Gasteiger charge is 2.37. The Morgan fingerprint density at radius 3 is 2.85 bits per heavy atom. The molecule has 3 saturated heterocycles. The monoisotopic (exact) mass is 281 g/mol. The predicted molar refractivity (Wildman–Crippen MR) is 77.6 cm³/mol. The van der Waals surface area contributed by atoms with Gasteiger partial charge in [0.05, 0.1) is 5.60 Å². The first-order valence-corrected chi connectivity index (χ1v) is 7.96. The van der Waals surface area contributed by atoms with Gasteiger partial charge in [-0.15, -0.1) is 0 Å². The summed E-state index contributed by atoms with van der Waals surface area (Å²) < 4.78 is 5.80. The van der Waals surface area contributed by atoms with Gasteiger partial charge in [0.1, 0.15) is 6.61 Å². The molecule has 3 fully saturated rings. The van der Waals surface area contributed by atoms with Crippen LogP contribution in [-0.2, 0) is 9.53 Å². The predicted octanol–water partition coefficient (Wildman–Crippen LogP) is 0.450. The molecule has 5 nitrogen and oxygen atoms in total. The number of nitrogens with one attached hydrogen (secondary N) is 1. The number of rotatable bonds is 3. The van der Waals surface area contributed by atoms with Crippen molar-refractivity contribution in [3.63, 3.8) is 0 Å². The summed E-state index contributed by atoms with van der Waals surface area (Å²) >= 11 is 0. The minimum atomic E-state index is -0.133. The van der Waals surface area contributed by atoms with Crippen LogP contribution in [0.5, 0.6) is 0 Å². The number of hydrogen-bond donors (Lipinski definition) is 1. The van der Waals surface area contributed by atoms with Gasteiger partial charge in [0.2, 0.25) is 5.91 Å². The minimum Gasteiger partial charge on any atom is -0.363 e. The van der Waals surface area contributed by atoms with Gasteiger partial charge in [-0.05, 0) is 33.2 Å². The topological polar surface area (TPSA) is 44.8 Å². The first kappa shape index (κ1) is 14.3. The second-order valence-corrected chi connectivity index (χ2v) is 6.88. The molecule has 2 atom stereocenters. The molecule has 3 heterocycles. The average Bonchev–Trinajstić information content (AvgIpc) is 2.42. The van der Waals surface area contributed by atoms with Crippen LogP contribution in [0.3, 0.4) is 0 Å². The van der Waals surface area contributed by atoms with E-state index in [1.165, 1.54) is 25.8 Å². The molecule has 2 unspecified atom stereocenters. The van der Waals surface area contributed by atoms with Crippen LogP contribution in [0.15, 0.2) is 0 Å². The van der Waals surface area contributed by atoms with E-state index in [9.17, 15) is 4.79 Å². The molecular weight excluding hydrogens is 254 g/mol. The number of piperazine rings is 1. The zero-order chi connectivity index (χ0) is 14.2. The normalized spacial score (nSPS) is 33.4. The summed E-state index contributed by atoms with van der Waals surface area (Å²) in [5, 5.41) is 3.19. The SMILES string of the molecule is CC1CN2CCCCC2CN1C(=O)COC1(C)CNC1. The Balaban J connectivity index is 1.54. The third-order valence-corrected chi connectivity index (χ3v) is 5.05. The maximum atomic E-state index is 12.4. The highest BCUT2D eigenvalue weighted by Crippen LogP contribution is 2.24. The molecule has 3 aliphatic rings. The minimum absolute atomic E-state index is 0.133. The molecule has 1 N–H and O–H groups in total. The first-order valence-electron chi connectivity index (χ1n) is 7.96. The summed E-state index contributed by atoms with van der Waals surface area (Å²) in [5.74, 6) is 0.163. The number of carbonyl (C=O) groups is 1. The van der Waals surface area contributed by atoms with Gasteiger partial charge in [0.25, 0.3) is 0 Å². The van der Waals surface area contributed by atoms with Crippen LogP contribution in [0, 0.1) is 0 Å². The average molecular weight is 281 g/mol. The van der Waals surface area contributed by atoms with Crippen molar-refractivity contribution in [2.24, 2.45) is 0 Å². The molecule has 3 aliphatic heterocycles. The molecule has 114 valence electrons. The zero-order valence-electron chi connectivity index (χ0n) is 12.7. The lowest BCUT2D eigenvalue weighted by molar-refractivity contribution is -0.152. The number of ether oxygens (including phenoxy) is 1. The third-order valence-electron chi connectivity index (χ3n) is 5.05. The van der Waals surface area contributed by atoms with Gasteiger partial charge in [-0.2, -0.15) is 0 Å². The lowest BCUT2D eigenvalue weighted by Crippen LogP contribution is -2.62. The van der Waals surface area contributed by atoms with E-state index in [4.69, 9.17) is 4.74 Å². The number of hydrogen-bond acceptors (Lipinski definition) is 4. The molecule has 0 spiro atoms. The Morgan fingerprint density at radius 2 is 2.15 bits per heavy atom. The van der Waals surface area contributed by atoms with Crippen molar-refractivity contribution in [3.8, 4) is 0 Å². The van der Waals surface area contributed by atoms with E-state index in [0.29, 0.717) is 12.1 Å². The van der Waals surface area contributed by atoms with E-state index in [1.54, 1.807) is 0 Å². The Morgan fingerprint density at radius 1 is 1.35 bits per heavy atom. The molecule has 0 aromatic carbocycles. The van der Waals surface area contributed by atoms with E-state index >= 15 is 0 Å². The highest BCUT2D eigenvalue weighted by molar-refractivity contribution is 5.78. The van der Waals surface area contributed by atoms with Crippen molar-refractivity contribution in [2.45, 2.75) is 50.8 Å². The van der Waals surface area contributed by atoms with Crippen LogP contribution < -0.4 is 5.32 Å². The Hall–Kier alpha value is -0.650. The van der Waals surface area contributed by atoms with Crippen LogP contribution in [-0.4, -0.2) is 72.7 Å². The summed E-state index contributed by atoms with van der Waals surface area (Å²) in [4.78, 5) is 17.0. The number of piperidine rings is 1. The molecule has 20 heavy (non-hydrogen) atoms. The van der Waals surface area contributed by atoms with Crippen molar-refractivity contribution in [2.75, 3.05) is 39.3 Å². The molecule has 0 aromatic heterocycles. The molecule has 0 aliphatic carbocycles. The molecule has 0 aromatic rings. The van der Waals surface area contributed by atoms with Gasteiger partial charge in [0, 0.05) is 38.3 Å². The van der Waals surface area contributed by atoms with Gasteiger partial charge < -0.3 is 15.0 Å². The van der Waals surface area contributed by atoms with Crippen molar-refractivity contribution in [1.29, 1.82) is 0 Å². The van der Waals surface area contributed by atoms with Crippen molar-refractivity contribution < 1.29 is 9.53 Å². The second-order valence-electron chi connectivity index (χ2n) is 6.88. The number of nitrogens with zero attached hydrogens (tertiary/aromatic N) is 2. The molecule has 0 radical (unpaired) electrons. The fraction of sp³-hybridized carbons (Fsp3) is 0.933. The number of fused-ring (bicyclic) bond motifs is 1. The van der Waals surface area contributed by atoms with Crippen LogP contribution in [0.4, 0.5) is 0 Å². The Bertz CT molecular complexity index is 370. The molecule has 0 bridgehead atoms. The summed E-state index contributed by atoms with van der Waals surface area (Å²) in [7, 11) is 0. The van der Waals surface area contributed by atoms with E-state index < -0.39 is 0 Å². The Labute approximate surface area is 121 Å². The molecule has 5 heteroatoms. The smallest absolute Gasteiger partial charge is 0.248 e. The maximum Gasteiger partial charge on any atom is 0.248 e. The molecular formula is C15H27N3O2. The van der Waals surface area contributed by atoms with Gasteiger partial charge in [-0.1, -0.05) is 6.42 Å². The highest BCUT2D eigenvalue weighted by atomic mass is 16.5. The van der Waals surface area contributed by atoms with Gasteiger partial charge in [-0.25, -0.2) is 0 Å². The van der Waals surface area contributed by atoms with E-state index in [1.807, 2.05) is 4.90 Å². The standard InChI is InChI=1S/C15H27N3O2/c1-12-7-17-6-4-3-5-13(17)8-18(12)14(19)9-20-15(2)10-16-11-15/h12-13,16H,3-11H2,1-2H3. The fourth-order valence-electron chi connectivity index (χ4n) is 3.60. The van der Waals surface area contributed by atoms with Crippen LogP contribution >= 0.6 is 0 Å². The third kappa shape index (κ3) is 2.85. The number of carbonyl (C=O) groups excluding carboxylic acids is 1. The first-order chi connectivity index (χ1) is 9.57. The van der Waals surface area contributed by atoms with E-state index in [0.717, 1.165) is 26.2 Å². The van der Waals surface area contributed by atoms with E-state index in [2.05, 4.69) is 24.1 Å². The van der Waals surface area contributed by atoms with Crippen molar-refractivity contribution in [3.05, 3.63) is 0 Å². The fourth-order valence-corrected chi connectivity index (χ4v) is 3.60. The van der Waals surface area contributed by atoms with Crippen LogP contribution in [0.1, 0.15) is 33.1 Å². The summed E-state index contributed by atoms with van der Waals surface area (Å²) in [6.07, 6.45) is 3.85. The maximum absolute atomic E-state index is 12.4. The van der Waals surface area contributed by atoms with Gasteiger partial charge >= 0.3 is 0 Å². The lowest BCUT2D eigenvalue weighted by Gasteiger charge is -2.48. The van der Waals surface area contributed by atoms with E-state index in [-0.39, 0.29) is 18.1 Å². The van der Waals surface area contributed by atoms with Crippen molar-refractivity contribution >= 4 is 5.91 Å². The lowest BCUT2D eigenvalue weighted by atomic mass is 9.97. The van der Waals surface area contributed by atoms with Crippen LogP contribution in [0.2, 0.25) is 0 Å². The second kappa shape index (κ2) is 5.62. The largest absolute Gasteiger partial charge is 0.363 e. The summed E-state index contributed by atoms with van der Waals surface area (Å²) in [6.45, 7) is 9.28. The Kier molecular flexibility index (Phi) is 4.02. The molecule has 1 amide bonds. The van der Waals surface area contributed by atoms with Crippen molar-refractivity contribution in [1.82, 2.24) is 15.1 Å². The molecule has 3 rings (SSSR count). The quantitative estimate of drug-likeness (QED) is 0.816. The summed E-state index contributed by atoms with van der Waals surface area (Å²) in [5.41, 5.74) is -0.133.